The molecule has 4 nitrogen and oxygen atoms in total. The molecule has 1 aliphatic carbocycles. The Labute approximate surface area is 107 Å². The second kappa shape index (κ2) is 4.96. The van der Waals surface area contributed by atoms with E-state index in [0.29, 0.717) is 11.0 Å². The van der Waals surface area contributed by atoms with Gasteiger partial charge in [0.25, 0.3) is 0 Å². The molecule has 1 heterocycles. The van der Waals surface area contributed by atoms with E-state index in [-0.39, 0.29) is 0 Å². The zero-order valence-corrected chi connectivity index (χ0v) is 11.1. The minimum absolute atomic E-state index is 0.568. The predicted octanol–water partition coefficient (Wildman–Crippen LogP) is 1.74. The Kier molecular flexibility index (Phi) is 3.57. The Morgan fingerprint density at radius 3 is 2.71 bits per heavy atom. The number of aromatic nitrogens is 2. The molecule has 0 aliphatic heterocycles. The highest BCUT2D eigenvalue weighted by Gasteiger charge is 2.30. The number of nitrogens with zero attached hydrogens (tertiary/aromatic N) is 3. The fourth-order valence-electron chi connectivity index (χ4n) is 1.95. The fraction of sp³-hybridized carbons (Fsp3) is 0.583. The van der Waals surface area contributed by atoms with E-state index in [0.717, 1.165) is 30.3 Å². The van der Waals surface area contributed by atoms with Crippen molar-refractivity contribution >= 4 is 23.0 Å². The fourth-order valence-corrected chi connectivity index (χ4v) is 2.04. The lowest BCUT2D eigenvalue weighted by Crippen LogP contribution is -2.30. The lowest BCUT2D eigenvalue weighted by Gasteiger charge is -2.23. The van der Waals surface area contributed by atoms with Gasteiger partial charge < -0.3 is 10.6 Å². The van der Waals surface area contributed by atoms with Crippen molar-refractivity contribution in [1.29, 1.82) is 0 Å². The molecular formula is C12H18N4S. The van der Waals surface area contributed by atoms with Gasteiger partial charge in [0.1, 0.15) is 11.6 Å². The smallest absolute Gasteiger partial charge is 0.132 e. The molecule has 0 atom stereocenters. The third kappa shape index (κ3) is 3.36. The van der Waals surface area contributed by atoms with E-state index < -0.39 is 0 Å². The first kappa shape index (κ1) is 12.2. The summed E-state index contributed by atoms with van der Waals surface area (Å²) in [6.07, 6.45) is 3.22. The molecule has 1 aliphatic rings. The Bertz CT molecular complexity index is 408. The molecule has 2 rings (SSSR count). The maximum atomic E-state index is 5.57. The third-order valence-electron chi connectivity index (χ3n) is 2.83. The van der Waals surface area contributed by atoms with Crippen molar-refractivity contribution < 1.29 is 0 Å². The summed E-state index contributed by atoms with van der Waals surface area (Å²) in [7, 11) is 0. The van der Waals surface area contributed by atoms with Gasteiger partial charge in [-0.1, -0.05) is 12.2 Å². The molecule has 0 spiro atoms. The molecule has 1 aromatic rings. The van der Waals surface area contributed by atoms with Gasteiger partial charge in [-0.15, -0.1) is 0 Å². The van der Waals surface area contributed by atoms with Gasteiger partial charge in [-0.25, -0.2) is 9.97 Å². The lowest BCUT2D eigenvalue weighted by molar-refractivity contribution is 0.776. The third-order valence-corrected chi connectivity index (χ3v) is 3.04. The molecule has 1 saturated carbocycles. The first-order chi connectivity index (χ1) is 8.06. The van der Waals surface area contributed by atoms with Crippen molar-refractivity contribution in [2.24, 2.45) is 5.73 Å². The summed E-state index contributed by atoms with van der Waals surface area (Å²) < 4.78 is 0. The van der Waals surface area contributed by atoms with Crippen LogP contribution in [-0.2, 0) is 0 Å². The van der Waals surface area contributed by atoms with E-state index in [2.05, 4.69) is 14.9 Å². The summed E-state index contributed by atoms with van der Waals surface area (Å²) >= 11 is 4.94. The van der Waals surface area contributed by atoms with Crippen LogP contribution in [0.1, 0.15) is 30.8 Å². The molecule has 1 fully saturated rings. The van der Waals surface area contributed by atoms with E-state index in [1.807, 2.05) is 19.9 Å². The van der Waals surface area contributed by atoms with Gasteiger partial charge in [-0.05, 0) is 26.7 Å². The number of hydrogen-bond donors (Lipinski definition) is 1. The SMILES string of the molecule is Cc1cc(N(CCC(N)=S)C2CC2)nc(C)n1. The minimum atomic E-state index is 0.568. The van der Waals surface area contributed by atoms with Crippen molar-refractivity contribution in [2.75, 3.05) is 11.4 Å². The Hall–Kier alpha value is -1.23. The number of nitrogens with two attached hydrogens (primary N) is 1. The van der Waals surface area contributed by atoms with Gasteiger partial charge in [0.2, 0.25) is 0 Å². The number of rotatable bonds is 5. The predicted molar refractivity (Wildman–Crippen MR) is 73.3 cm³/mol. The largest absolute Gasteiger partial charge is 0.393 e. The van der Waals surface area contributed by atoms with Gasteiger partial charge in [-0.2, -0.15) is 0 Å². The van der Waals surface area contributed by atoms with E-state index in [1.54, 1.807) is 0 Å². The Balaban J connectivity index is 2.16. The highest BCUT2D eigenvalue weighted by Crippen LogP contribution is 2.30. The van der Waals surface area contributed by atoms with E-state index >= 15 is 0 Å². The Morgan fingerprint density at radius 2 is 2.18 bits per heavy atom. The molecule has 1 aromatic heterocycles. The number of aryl methyl sites for hydroxylation is 2. The molecule has 92 valence electrons. The lowest BCUT2D eigenvalue weighted by atomic mass is 10.3. The molecule has 5 heteroatoms. The van der Waals surface area contributed by atoms with Crippen LogP contribution in [0, 0.1) is 13.8 Å². The minimum Gasteiger partial charge on any atom is -0.393 e. The van der Waals surface area contributed by atoms with Crippen LogP contribution in [0.5, 0.6) is 0 Å². The van der Waals surface area contributed by atoms with Gasteiger partial charge in [0, 0.05) is 30.8 Å². The maximum Gasteiger partial charge on any atom is 0.132 e. The number of hydrogen-bond acceptors (Lipinski definition) is 4. The summed E-state index contributed by atoms with van der Waals surface area (Å²) in [5.74, 6) is 1.83. The summed E-state index contributed by atoms with van der Waals surface area (Å²) in [4.78, 5) is 11.7. The summed E-state index contributed by atoms with van der Waals surface area (Å²) in [5.41, 5.74) is 6.58. The van der Waals surface area contributed by atoms with Crippen molar-refractivity contribution in [3.63, 3.8) is 0 Å². The first-order valence-electron chi connectivity index (χ1n) is 5.93. The van der Waals surface area contributed by atoms with Crippen molar-refractivity contribution in [3.8, 4) is 0 Å². The van der Waals surface area contributed by atoms with Gasteiger partial charge >= 0.3 is 0 Å². The quantitative estimate of drug-likeness (QED) is 0.807. The average molecular weight is 250 g/mol. The van der Waals surface area contributed by atoms with Crippen LogP contribution in [0.25, 0.3) is 0 Å². The van der Waals surface area contributed by atoms with Crippen molar-refractivity contribution in [1.82, 2.24) is 9.97 Å². The van der Waals surface area contributed by atoms with Crippen LogP contribution in [0.2, 0.25) is 0 Å². The normalized spacial score (nSPS) is 14.7. The number of thiocarbonyl (C=S) groups is 1. The van der Waals surface area contributed by atoms with Crippen LogP contribution in [0.4, 0.5) is 5.82 Å². The van der Waals surface area contributed by atoms with E-state index in [1.165, 1.54) is 12.8 Å². The van der Waals surface area contributed by atoms with Crippen LogP contribution < -0.4 is 10.6 Å². The van der Waals surface area contributed by atoms with Crippen LogP contribution in [0.3, 0.4) is 0 Å². The van der Waals surface area contributed by atoms with E-state index in [4.69, 9.17) is 18.0 Å². The molecule has 0 aromatic carbocycles. The van der Waals surface area contributed by atoms with Crippen molar-refractivity contribution in [2.45, 2.75) is 39.2 Å². The average Bonchev–Trinajstić information content (AvgIpc) is 3.00. The monoisotopic (exact) mass is 250 g/mol. The van der Waals surface area contributed by atoms with Gasteiger partial charge in [0.15, 0.2) is 0 Å². The molecular weight excluding hydrogens is 232 g/mol. The second-order valence-corrected chi connectivity index (χ2v) is 5.08. The molecule has 0 bridgehead atoms. The van der Waals surface area contributed by atoms with Gasteiger partial charge in [0.05, 0.1) is 4.99 Å². The zero-order chi connectivity index (χ0) is 12.4. The maximum absolute atomic E-state index is 5.57. The zero-order valence-electron chi connectivity index (χ0n) is 10.3. The standard InChI is InChI=1S/C12H18N4S/c1-8-7-12(15-9(2)14-8)16(10-3-4-10)6-5-11(13)17/h7,10H,3-6H2,1-2H3,(H2,13,17). The summed E-state index contributed by atoms with van der Waals surface area (Å²) in [5, 5.41) is 0. The molecule has 0 unspecified atom stereocenters. The first-order valence-corrected chi connectivity index (χ1v) is 6.34. The highest BCUT2D eigenvalue weighted by atomic mass is 32.1. The summed E-state index contributed by atoms with van der Waals surface area (Å²) in [6.45, 7) is 4.78. The van der Waals surface area contributed by atoms with Crippen LogP contribution >= 0.6 is 12.2 Å². The topological polar surface area (TPSA) is 55.0 Å². The molecule has 0 amide bonds. The second-order valence-electron chi connectivity index (χ2n) is 4.56. The molecule has 17 heavy (non-hydrogen) atoms. The van der Waals surface area contributed by atoms with Crippen molar-refractivity contribution in [3.05, 3.63) is 17.6 Å². The number of anilines is 1. The molecule has 2 N–H and O–H groups in total. The van der Waals surface area contributed by atoms with Gasteiger partial charge in [-0.3, -0.25) is 0 Å². The molecule has 0 radical (unpaired) electrons. The summed E-state index contributed by atoms with van der Waals surface area (Å²) in [6, 6.07) is 2.64. The van der Waals surface area contributed by atoms with E-state index in [9.17, 15) is 0 Å². The van der Waals surface area contributed by atoms with Crippen LogP contribution in [0.15, 0.2) is 6.07 Å². The molecule has 0 saturated heterocycles. The van der Waals surface area contributed by atoms with Crippen LogP contribution in [-0.4, -0.2) is 27.5 Å². The highest BCUT2D eigenvalue weighted by molar-refractivity contribution is 7.80. The Morgan fingerprint density at radius 1 is 1.47 bits per heavy atom.